The molecule has 0 aliphatic rings. The summed E-state index contributed by atoms with van der Waals surface area (Å²) in [5.41, 5.74) is 11.3. The van der Waals surface area contributed by atoms with Gasteiger partial charge in [0, 0.05) is 24.5 Å². The minimum Gasteiger partial charge on any atom is -0.489 e. The Morgan fingerprint density at radius 3 is 2.44 bits per heavy atom. The molecule has 0 radical (unpaired) electrons. The number of hydrogen-bond acceptors (Lipinski definition) is 6. The third-order valence-electron chi connectivity index (χ3n) is 3.94. The zero-order chi connectivity index (χ0) is 18.6. The fraction of sp³-hybridized carbons (Fsp3) is 0.263. The lowest BCUT2D eigenvalue weighted by atomic mass is 10.1. The van der Waals surface area contributed by atoms with E-state index in [1.54, 1.807) is 18.1 Å². The van der Waals surface area contributed by atoms with Crippen molar-refractivity contribution in [3.8, 4) is 5.75 Å². The fourth-order valence-electron chi connectivity index (χ4n) is 2.60. The number of nitrogens with two attached hydrogens (primary N) is 3. The van der Waals surface area contributed by atoms with E-state index >= 15 is 0 Å². The van der Waals surface area contributed by atoms with Gasteiger partial charge < -0.3 is 15.5 Å². The molecule has 2 aromatic rings. The van der Waals surface area contributed by atoms with E-state index in [2.05, 4.69) is 13.0 Å². The Kier molecular flexibility index (Phi) is 5.90. The Morgan fingerprint density at radius 2 is 1.84 bits per heavy atom. The van der Waals surface area contributed by atoms with Crippen LogP contribution in [-0.4, -0.2) is 7.05 Å². The highest BCUT2D eigenvalue weighted by Crippen LogP contribution is 2.27. The molecule has 2 rings (SSSR count). The second kappa shape index (κ2) is 7.92. The molecule has 0 saturated heterocycles. The molecule has 0 heterocycles. The van der Waals surface area contributed by atoms with Crippen LogP contribution in [0.3, 0.4) is 0 Å². The third-order valence-corrected chi connectivity index (χ3v) is 3.94. The quantitative estimate of drug-likeness (QED) is 0.552. The van der Waals surface area contributed by atoms with E-state index in [4.69, 9.17) is 22.2 Å². The Hall–Kier alpha value is -2.70. The zero-order valence-corrected chi connectivity index (χ0v) is 15.3. The smallest absolute Gasteiger partial charge is 0.122 e. The molecule has 6 N–H and O–H groups in total. The zero-order valence-electron chi connectivity index (χ0n) is 15.3. The van der Waals surface area contributed by atoms with Gasteiger partial charge in [0.25, 0.3) is 0 Å². The molecule has 0 spiro atoms. The average Bonchev–Trinajstić information content (AvgIpc) is 2.53. The van der Waals surface area contributed by atoms with Gasteiger partial charge in [0.2, 0.25) is 0 Å². The molecule has 25 heavy (non-hydrogen) atoms. The van der Waals surface area contributed by atoms with Crippen LogP contribution in [0, 0.1) is 13.8 Å². The molecule has 0 aromatic heterocycles. The highest BCUT2D eigenvalue weighted by Gasteiger charge is 2.10. The topological polar surface area (TPSA) is 93.8 Å². The van der Waals surface area contributed by atoms with Crippen LogP contribution in [0.2, 0.25) is 0 Å². The largest absolute Gasteiger partial charge is 0.489 e. The maximum absolute atomic E-state index is 6.03. The van der Waals surface area contributed by atoms with Crippen molar-refractivity contribution in [2.24, 2.45) is 17.4 Å². The van der Waals surface area contributed by atoms with Crippen molar-refractivity contribution in [2.45, 2.75) is 27.4 Å². The van der Waals surface area contributed by atoms with Crippen molar-refractivity contribution in [3.63, 3.8) is 0 Å². The number of nitrogens with zero attached hydrogens (tertiary/aromatic N) is 2. The van der Waals surface area contributed by atoms with Crippen LogP contribution in [0.1, 0.15) is 23.6 Å². The van der Waals surface area contributed by atoms with Crippen molar-refractivity contribution in [1.29, 1.82) is 0 Å². The van der Waals surface area contributed by atoms with Gasteiger partial charge in [-0.25, -0.2) is 11.7 Å². The van der Waals surface area contributed by atoms with Crippen LogP contribution >= 0.6 is 0 Å². The lowest BCUT2D eigenvalue weighted by Crippen LogP contribution is -2.26. The van der Waals surface area contributed by atoms with Gasteiger partial charge in [-0.15, -0.1) is 0 Å². The molecule has 0 unspecified atom stereocenters. The number of allylic oxidation sites excluding steroid dienone is 1. The Labute approximate surface area is 149 Å². The van der Waals surface area contributed by atoms with E-state index in [0.29, 0.717) is 12.3 Å². The van der Waals surface area contributed by atoms with Crippen molar-refractivity contribution in [3.05, 3.63) is 65.0 Å². The molecule has 6 nitrogen and oxygen atoms in total. The molecule has 0 fully saturated rings. The van der Waals surface area contributed by atoms with Crippen molar-refractivity contribution in [1.82, 2.24) is 0 Å². The molecule has 0 aliphatic carbocycles. The first-order chi connectivity index (χ1) is 11.8. The summed E-state index contributed by atoms with van der Waals surface area (Å²) < 4.78 is 6.03. The number of anilines is 2. The predicted octanol–water partition coefficient (Wildman–Crippen LogP) is 2.69. The van der Waals surface area contributed by atoms with E-state index in [0.717, 1.165) is 33.8 Å². The normalized spacial score (nSPS) is 11.4. The summed E-state index contributed by atoms with van der Waals surface area (Å²) in [6.07, 6.45) is 1.67. The average molecular weight is 341 g/mol. The fourth-order valence-corrected chi connectivity index (χ4v) is 2.60. The van der Waals surface area contributed by atoms with Crippen LogP contribution in [0.25, 0.3) is 0 Å². The molecule has 6 heteroatoms. The third kappa shape index (κ3) is 4.65. The summed E-state index contributed by atoms with van der Waals surface area (Å²) >= 11 is 0. The molecule has 0 amide bonds. The van der Waals surface area contributed by atoms with Gasteiger partial charge in [-0.1, -0.05) is 12.1 Å². The van der Waals surface area contributed by atoms with Gasteiger partial charge in [0.05, 0.1) is 11.4 Å². The second-order valence-corrected chi connectivity index (χ2v) is 6.20. The van der Waals surface area contributed by atoms with Crippen LogP contribution in [0.4, 0.5) is 11.4 Å². The van der Waals surface area contributed by atoms with E-state index < -0.39 is 0 Å². The lowest BCUT2D eigenvalue weighted by Gasteiger charge is -2.20. The van der Waals surface area contributed by atoms with Gasteiger partial charge in [-0.3, -0.25) is 5.01 Å². The summed E-state index contributed by atoms with van der Waals surface area (Å²) in [5, 5.41) is 3.10. The first kappa shape index (κ1) is 18.6. The molecular weight excluding hydrogens is 314 g/mol. The monoisotopic (exact) mass is 341 g/mol. The summed E-state index contributed by atoms with van der Waals surface area (Å²) in [6.45, 7) is 6.27. The SMILES string of the molecule is C/C(N)=C/N(N)c1ccc(OCc2c(C)cccc2N(C)N)c(C)c1. The number of rotatable bonds is 6. The molecule has 0 aliphatic heterocycles. The van der Waals surface area contributed by atoms with Crippen molar-refractivity contribution >= 4 is 11.4 Å². The van der Waals surface area contributed by atoms with E-state index in [-0.39, 0.29) is 0 Å². The van der Waals surface area contributed by atoms with Crippen molar-refractivity contribution in [2.75, 3.05) is 17.1 Å². The van der Waals surface area contributed by atoms with E-state index in [1.165, 1.54) is 5.01 Å². The maximum Gasteiger partial charge on any atom is 0.122 e. The number of ether oxygens (including phenoxy) is 1. The Morgan fingerprint density at radius 1 is 1.12 bits per heavy atom. The van der Waals surface area contributed by atoms with Gasteiger partial charge in [0.1, 0.15) is 12.4 Å². The van der Waals surface area contributed by atoms with Gasteiger partial charge in [0.15, 0.2) is 0 Å². The van der Waals surface area contributed by atoms with Gasteiger partial charge in [-0.05, 0) is 56.2 Å². The van der Waals surface area contributed by atoms with Crippen LogP contribution in [0.5, 0.6) is 5.75 Å². The van der Waals surface area contributed by atoms with Crippen LogP contribution in [-0.2, 0) is 6.61 Å². The minimum absolute atomic E-state index is 0.442. The van der Waals surface area contributed by atoms with Crippen LogP contribution in [0.15, 0.2) is 48.3 Å². The summed E-state index contributed by atoms with van der Waals surface area (Å²) in [4.78, 5) is 0. The van der Waals surface area contributed by atoms with Crippen molar-refractivity contribution < 1.29 is 4.74 Å². The van der Waals surface area contributed by atoms with Gasteiger partial charge >= 0.3 is 0 Å². The molecule has 2 aromatic carbocycles. The Balaban J connectivity index is 2.19. The predicted molar refractivity (Wildman–Crippen MR) is 104 cm³/mol. The maximum atomic E-state index is 6.03. The molecule has 0 atom stereocenters. The first-order valence-corrected chi connectivity index (χ1v) is 8.07. The number of hydrogen-bond donors (Lipinski definition) is 3. The number of hydrazine groups is 2. The number of aryl methyl sites for hydroxylation is 2. The second-order valence-electron chi connectivity index (χ2n) is 6.20. The summed E-state index contributed by atoms with van der Waals surface area (Å²) in [5.74, 6) is 12.7. The summed E-state index contributed by atoms with van der Waals surface area (Å²) in [6, 6.07) is 11.8. The molecule has 0 bridgehead atoms. The highest BCUT2D eigenvalue weighted by molar-refractivity contribution is 5.56. The molecule has 0 saturated carbocycles. The molecular formula is C19H27N5O. The lowest BCUT2D eigenvalue weighted by molar-refractivity contribution is 0.303. The standard InChI is InChI=1S/C19H27N5O/c1-13-6-5-7-18(23(4)21)17(13)12-25-19-9-8-16(10-14(19)2)24(22)11-15(3)20/h5-11H,12,20-22H2,1-4H3/b15-11-. The van der Waals surface area contributed by atoms with E-state index in [9.17, 15) is 0 Å². The molecule has 134 valence electrons. The Bertz CT molecular complexity index is 766. The highest BCUT2D eigenvalue weighted by atomic mass is 16.5. The summed E-state index contributed by atoms with van der Waals surface area (Å²) in [7, 11) is 1.82. The number of benzene rings is 2. The van der Waals surface area contributed by atoms with E-state index in [1.807, 2.05) is 44.3 Å². The minimum atomic E-state index is 0.442. The first-order valence-electron chi connectivity index (χ1n) is 8.07. The van der Waals surface area contributed by atoms with Gasteiger partial charge in [-0.2, -0.15) is 0 Å². The van der Waals surface area contributed by atoms with Crippen LogP contribution < -0.4 is 32.2 Å².